The van der Waals surface area contributed by atoms with Gasteiger partial charge in [0.25, 0.3) is 5.56 Å². The topological polar surface area (TPSA) is 61.9 Å². The van der Waals surface area contributed by atoms with E-state index in [4.69, 9.17) is 4.74 Å². The van der Waals surface area contributed by atoms with Crippen LogP contribution in [-0.2, 0) is 19.5 Å². The highest BCUT2D eigenvalue weighted by Gasteiger charge is 2.15. The van der Waals surface area contributed by atoms with Gasteiger partial charge in [0.2, 0.25) is 5.88 Å². The van der Waals surface area contributed by atoms with Gasteiger partial charge in [-0.2, -0.15) is 5.10 Å². The van der Waals surface area contributed by atoms with Gasteiger partial charge >= 0.3 is 0 Å². The molecule has 0 aliphatic carbocycles. The fourth-order valence-corrected chi connectivity index (χ4v) is 2.65. The Morgan fingerprint density at radius 3 is 2.60 bits per heavy atom. The monoisotopic (exact) mass is 340 g/mol. The van der Waals surface area contributed by atoms with Gasteiger partial charge in [-0.05, 0) is 29.3 Å². The molecule has 6 nitrogen and oxygen atoms in total. The van der Waals surface area contributed by atoms with Gasteiger partial charge in [-0.3, -0.25) is 9.48 Å². The Bertz CT molecular complexity index is 663. The van der Waals surface area contributed by atoms with Crippen molar-refractivity contribution in [1.29, 1.82) is 0 Å². The first-order chi connectivity index (χ1) is 9.60. The number of ether oxygens (including phenoxy) is 1. The molecule has 7 heteroatoms. The van der Waals surface area contributed by atoms with E-state index in [1.165, 1.54) is 17.9 Å². The zero-order valence-corrected chi connectivity index (χ0v) is 13.3. The van der Waals surface area contributed by atoms with Crippen LogP contribution in [0.1, 0.15) is 25.2 Å². The Labute approximate surface area is 125 Å². The summed E-state index contributed by atoms with van der Waals surface area (Å²) in [6.07, 6.45) is 0.834. The summed E-state index contributed by atoms with van der Waals surface area (Å²) in [4.78, 5) is 11.9. The molecule has 0 atom stereocenters. The van der Waals surface area contributed by atoms with Crippen LogP contribution in [0.2, 0.25) is 0 Å². The summed E-state index contributed by atoms with van der Waals surface area (Å²) in [5.41, 5.74) is 1.75. The third-order valence-corrected chi connectivity index (χ3v) is 3.96. The Morgan fingerprint density at radius 2 is 2.00 bits per heavy atom. The van der Waals surface area contributed by atoms with E-state index in [2.05, 4.69) is 26.1 Å². The van der Waals surface area contributed by atoms with E-state index in [-0.39, 0.29) is 5.56 Å². The second-order valence-electron chi connectivity index (χ2n) is 4.25. The van der Waals surface area contributed by atoms with Crippen molar-refractivity contribution in [2.24, 2.45) is 0 Å². The molecule has 0 aliphatic heterocycles. The number of aromatic nitrogens is 4. The molecule has 108 valence electrons. The van der Waals surface area contributed by atoms with Crippen molar-refractivity contribution in [3.8, 4) is 5.88 Å². The van der Waals surface area contributed by atoms with Crippen LogP contribution in [0.15, 0.2) is 21.4 Å². The first-order valence-electron chi connectivity index (χ1n) is 6.46. The zero-order valence-electron chi connectivity index (χ0n) is 11.8. The van der Waals surface area contributed by atoms with Crippen LogP contribution >= 0.6 is 15.9 Å². The number of aryl methyl sites for hydroxylation is 2. The summed E-state index contributed by atoms with van der Waals surface area (Å²) in [5, 5.41) is 8.67. The SMILES string of the molecule is CCc1nn(CC)c(Cn2nc(OC)ccc2=O)c1Br. The molecular formula is C13H17BrN4O2. The van der Waals surface area contributed by atoms with Crippen LogP contribution in [0.4, 0.5) is 0 Å². The molecular weight excluding hydrogens is 324 g/mol. The van der Waals surface area contributed by atoms with Gasteiger partial charge in [0, 0.05) is 18.7 Å². The molecule has 0 unspecified atom stereocenters. The molecule has 2 aromatic heterocycles. The maximum atomic E-state index is 11.9. The summed E-state index contributed by atoms with van der Waals surface area (Å²) in [6.45, 7) is 5.17. The predicted octanol–water partition coefficient (Wildman–Crippen LogP) is 1.84. The minimum atomic E-state index is -0.167. The van der Waals surface area contributed by atoms with E-state index in [9.17, 15) is 4.79 Å². The molecule has 0 saturated heterocycles. The van der Waals surface area contributed by atoms with E-state index in [0.717, 1.165) is 28.8 Å². The molecule has 0 bridgehead atoms. The van der Waals surface area contributed by atoms with Crippen LogP contribution in [0.25, 0.3) is 0 Å². The normalized spacial score (nSPS) is 10.8. The lowest BCUT2D eigenvalue weighted by molar-refractivity contribution is 0.377. The first-order valence-corrected chi connectivity index (χ1v) is 7.26. The van der Waals surface area contributed by atoms with Gasteiger partial charge in [0.15, 0.2) is 0 Å². The van der Waals surface area contributed by atoms with Gasteiger partial charge in [0.05, 0.1) is 29.5 Å². The maximum Gasteiger partial charge on any atom is 0.267 e. The van der Waals surface area contributed by atoms with Crippen LogP contribution in [0.3, 0.4) is 0 Å². The molecule has 0 amide bonds. The Kier molecular flexibility index (Phi) is 4.59. The molecule has 2 rings (SSSR count). The van der Waals surface area contributed by atoms with E-state index < -0.39 is 0 Å². The Hall–Kier alpha value is -1.63. The zero-order chi connectivity index (χ0) is 14.7. The molecule has 0 aromatic carbocycles. The number of halogens is 1. The van der Waals surface area contributed by atoms with E-state index in [1.807, 2.05) is 18.5 Å². The number of hydrogen-bond donors (Lipinski definition) is 0. The number of rotatable bonds is 5. The second kappa shape index (κ2) is 6.21. The smallest absolute Gasteiger partial charge is 0.267 e. The van der Waals surface area contributed by atoms with Gasteiger partial charge in [-0.25, -0.2) is 4.68 Å². The highest BCUT2D eigenvalue weighted by atomic mass is 79.9. The van der Waals surface area contributed by atoms with Crippen molar-refractivity contribution >= 4 is 15.9 Å². The van der Waals surface area contributed by atoms with Crippen LogP contribution in [-0.4, -0.2) is 26.7 Å². The molecule has 2 aromatic rings. The summed E-state index contributed by atoms with van der Waals surface area (Å²) >= 11 is 3.56. The Morgan fingerprint density at radius 1 is 1.25 bits per heavy atom. The maximum absolute atomic E-state index is 11.9. The summed E-state index contributed by atoms with van der Waals surface area (Å²) in [7, 11) is 1.53. The summed E-state index contributed by atoms with van der Waals surface area (Å²) in [5.74, 6) is 0.416. The van der Waals surface area contributed by atoms with Gasteiger partial charge in [-0.1, -0.05) is 6.92 Å². The molecule has 0 radical (unpaired) electrons. The van der Waals surface area contributed by atoms with Crippen molar-refractivity contribution < 1.29 is 4.74 Å². The molecule has 0 aliphatic rings. The predicted molar refractivity (Wildman–Crippen MR) is 79.1 cm³/mol. The third-order valence-electron chi connectivity index (χ3n) is 3.04. The van der Waals surface area contributed by atoms with Gasteiger partial charge in [-0.15, -0.1) is 5.10 Å². The molecule has 2 heterocycles. The lowest BCUT2D eigenvalue weighted by Crippen LogP contribution is -2.24. The first kappa shape index (κ1) is 14.8. The Balaban J connectivity index is 2.44. The van der Waals surface area contributed by atoms with Crippen molar-refractivity contribution in [2.45, 2.75) is 33.4 Å². The molecule has 0 spiro atoms. The molecule has 0 fully saturated rings. The highest BCUT2D eigenvalue weighted by Crippen LogP contribution is 2.22. The fourth-order valence-electron chi connectivity index (χ4n) is 1.96. The van der Waals surface area contributed by atoms with Crippen LogP contribution in [0, 0.1) is 0 Å². The lowest BCUT2D eigenvalue weighted by Gasteiger charge is -2.08. The standard InChI is InChI=1S/C13H17BrN4O2/c1-4-9-13(14)10(17(5-2)15-9)8-18-12(19)7-6-11(16-18)20-3/h6-7H,4-5,8H2,1-3H3. The van der Waals surface area contributed by atoms with Crippen molar-refractivity contribution in [2.75, 3.05) is 7.11 Å². The average molecular weight is 341 g/mol. The minimum absolute atomic E-state index is 0.167. The number of methoxy groups -OCH3 is 1. The largest absolute Gasteiger partial charge is 0.480 e. The molecule has 0 N–H and O–H groups in total. The minimum Gasteiger partial charge on any atom is -0.480 e. The van der Waals surface area contributed by atoms with Crippen LogP contribution < -0.4 is 10.3 Å². The van der Waals surface area contributed by atoms with Crippen molar-refractivity contribution in [3.05, 3.63) is 38.3 Å². The van der Waals surface area contributed by atoms with Crippen molar-refractivity contribution in [3.63, 3.8) is 0 Å². The average Bonchev–Trinajstić information content (AvgIpc) is 2.77. The third kappa shape index (κ3) is 2.77. The van der Waals surface area contributed by atoms with E-state index in [1.54, 1.807) is 6.07 Å². The molecule has 20 heavy (non-hydrogen) atoms. The summed E-state index contributed by atoms with van der Waals surface area (Å²) in [6, 6.07) is 3.01. The molecule has 0 saturated carbocycles. The summed E-state index contributed by atoms with van der Waals surface area (Å²) < 4.78 is 9.27. The number of nitrogens with zero attached hydrogens (tertiary/aromatic N) is 4. The lowest BCUT2D eigenvalue weighted by atomic mass is 10.3. The van der Waals surface area contributed by atoms with Gasteiger partial charge in [0.1, 0.15) is 0 Å². The second-order valence-corrected chi connectivity index (χ2v) is 5.04. The fraction of sp³-hybridized carbons (Fsp3) is 0.462. The van der Waals surface area contributed by atoms with Crippen LogP contribution in [0.5, 0.6) is 5.88 Å². The number of hydrogen-bond acceptors (Lipinski definition) is 4. The van der Waals surface area contributed by atoms with Gasteiger partial charge < -0.3 is 4.74 Å². The van der Waals surface area contributed by atoms with Crippen molar-refractivity contribution in [1.82, 2.24) is 19.6 Å². The quantitative estimate of drug-likeness (QED) is 0.833. The van der Waals surface area contributed by atoms with E-state index >= 15 is 0 Å². The highest BCUT2D eigenvalue weighted by molar-refractivity contribution is 9.10. The van der Waals surface area contributed by atoms with E-state index in [0.29, 0.717) is 12.4 Å².